The molecule has 0 unspecified atom stereocenters. The third kappa shape index (κ3) is 5.93. The lowest BCUT2D eigenvalue weighted by Gasteiger charge is -2.21. The topological polar surface area (TPSA) is 85.8 Å². The lowest BCUT2D eigenvalue weighted by molar-refractivity contribution is -0.118. The van der Waals surface area contributed by atoms with Crippen LogP contribution in [0, 0.1) is 5.82 Å². The molecule has 0 saturated carbocycles. The fraction of sp³-hybridized carbons (Fsp3) is 0.182. The Balaban J connectivity index is 1.66. The van der Waals surface area contributed by atoms with E-state index in [0.29, 0.717) is 18.1 Å². The summed E-state index contributed by atoms with van der Waals surface area (Å²) in [7, 11) is 0. The minimum Gasteiger partial charge on any atom is -0.486 e. The zero-order valence-electron chi connectivity index (χ0n) is 15.7. The number of primary amides is 1. The first kappa shape index (κ1) is 20.1. The van der Waals surface area contributed by atoms with Gasteiger partial charge in [-0.1, -0.05) is 30.3 Å². The van der Waals surface area contributed by atoms with Gasteiger partial charge < -0.3 is 19.8 Å². The third-order valence-electron chi connectivity index (χ3n) is 4.20. The van der Waals surface area contributed by atoms with E-state index in [0.717, 1.165) is 5.56 Å². The summed E-state index contributed by atoms with van der Waals surface area (Å²) in [5.41, 5.74) is 6.17. The second-order valence-electron chi connectivity index (χ2n) is 6.44. The molecule has 0 aliphatic rings. The summed E-state index contributed by atoms with van der Waals surface area (Å²) in [6.07, 6.45) is 0.0554. The number of amides is 2. The zero-order chi connectivity index (χ0) is 20.6. The number of furan rings is 1. The molecular weight excluding hydrogens is 375 g/mol. The van der Waals surface area contributed by atoms with Crippen LogP contribution in [0.2, 0.25) is 0 Å². The van der Waals surface area contributed by atoms with Gasteiger partial charge in [0.25, 0.3) is 5.91 Å². The highest BCUT2D eigenvalue weighted by Crippen LogP contribution is 2.17. The molecule has 0 radical (unpaired) electrons. The molecule has 150 valence electrons. The highest BCUT2D eigenvalue weighted by Gasteiger charge is 2.20. The Hall–Kier alpha value is -3.61. The van der Waals surface area contributed by atoms with Crippen LogP contribution in [-0.4, -0.2) is 23.3 Å². The highest BCUT2D eigenvalue weighted by molar-refractivity contribution is 5.91. The lowest BCUT2D eigenvalue weighted by atomic mass is 10.2. The molecular formula is C22H21FN2O4. The number of hydrogen-bond donors (Lipinski definition) is 1. The summed E-state index contributed by atoms with van der Waals surface area (Å²) >= 11 is 0. The van der Waals surface area contributed by atoms with Crippen molar-refractivity contribution >= 4 is 11.8 Å². The van der Waals surface area contributed by atoms with Gasteiger partial charge in [0.15, 0.2) is 5.76 Å². The largest absolute Gasteiger partial charge is 0.486 e. The summed E-state index contributed by atoms with van der Waals surface area (Å²) in [6.45, 7) is 0.610. The minimum atomic E-state index is -0.483. The standard InChI is InChI=1S/C22H21FN2O4/c23-17-6-8-18(9-7-17)28-15-19-10-11-20(29-19)22(27)25(13-12-21(24)26)14-16-4-2-1-3-5-16/h1-11H,12-15H2,(H2,24,26). The van der Waals surface area contributed by atoms with Crippen LogP contribution >= 0.6 is 0 Å². The predicted octanol–water partition coefficient (Wildman–Crippen LogP) is 3.52. The van der Waals surface area contributed by atoms with Crippen LogP contribution in [0.25, 0.3) is 0 Å². The zero-order valence-corrected chi connectivity index (χ0v) is 15.7. The van der Waals surface area contributed by atoms with Crippen molar-refractivity contribution in [3.8, 4) is 5.75 Å². The normalized spacial score (nSPS) is 10.5. The van der Waals surface area contributed by atoms with Crippen LogP contribution in [-0.2, 0) is 17.9 Å². The molecule has 29 heavy (non-hydrogen) atoms. The Kier molecular flexibility index (Phi) is 6.63. The van der Waals surface area contributed by atoms with Crippen molar-refractivity contribution in [2.75, 3.05) is 6.54 Å². The first-order valence-electron chi connectivity index (χ1n) is 9.10. The molecule has 3 rings (SSSR count). The van der Waals surface area contributed by atoms with Gasteiger partial charge in [-0.15, -0.1) is 0 Å². The molecule has 0 fully saturated rings. The number of benzene rings is 2. The number of ether oxygens (including phenoxy) is 1. The molecule has 0 bridgehead atoms. The van der Waals surface area contributed by atoms with Gasteiger partial charge in [-0.05, 0) is 42.0 Å². The molecule has 0 saturated heterocycles. The fourth-order valence-electron chi connectivity index (χ4n) is 2.71. The van der Waals surface area contributed by atoms with Gasteiger partial charge in [0, 0.05) is 19.5 Å². The van der Waals surface area contributed by atoms with E-state index in [9.17, 15) is 14.0 Å². The lowest BCUT2D eigenvalue weighted by Crippen LogP contribution is -2.33. The SMILES string of the molecule is NC(=O)CCN(Cc1ccccc1)C(=O)c1ccc(COc2ccc(F)cc2)o1. The molecule has 6 nitrogen and oxygen atoms in total. The summed E-state index contributed by atoms with van der Waals surface area (Å²) < 4.78 is 24.1. The van der Waals surface area contributed by atoms with E-state index >= 15 is 0 Å². The quantitative estimate of drug-likeness (QED) is 0.600. The van der Waals surface area contributed by atoms with Crippen LogP contribution in [0.3, 0.4) is 0 Å². The highest BCUT2D eigenvalue weighted by atomic mass is 19.1. The molecule has 0 aliphatic carbocycles. The van der Waals surface area contributed by atoms with E-state index in [2.05, 4.69) is 0 Å². The smallest absolute Gasteiger partial charge is 0.289 e. The first-order valence-corrected chi connectivity index (χ1v) is 9.10. The molecule has 1 heterocycles. The molecule has 2 aromatic carbocycles. The number of carbonyl (C=O) groups is 2. The van der Waals surface area contributed by atoms with Gasteiger partial charge in [0.05, 0.1) is 0 Å². The predicted molar refractivity (Wildman–Crippen MR) is 104 cm³/mol. The van der Waals surface area contributed by atoms with Crippen molar-refractivity contribution in [1.29, 1.82) is 0 Å². The molecule has 2 N–H and O–H groups in total. The van der Waals surface area contributed by atoms with Gasteiger partial charge in [0.2, 0.25) is 5.91 Å². The summed E-state index contributed by atoms with van der Waals surface area (Å²) in [5, 5.41) is 0. The van der Waals surface area contributed by atoms with Crippen LogP contribution < -0.4 is 10.5 Å². The van der Waals surface area contributed by atoms with Crippen LogP contribution in [0.4, 0.5) is 4.39 Å². The number of rotatable bonds is 9. The number of halogens is 1. The summed E-state index contributed by atoms with van der Waals surface area (Å²) in [6, 6.07) is 18.3. The average Bonchev–Trinajstić information content (AvgIpc) is 3.20. The maximum absolute atomic E-state index is 12.9. The van der Waals surface area contributed by atoms with E-state index in [-0.39, 0.29) is 37.1 Å². The Morgan fingerprint density at radius 2 is 1.72 bits per heavy atom. The second-order valence-corrected chi connectivity index (χ2v) is 6.44. The molecule has 0 atom stereocenters. The van der Waals surface area contributed by atoms with Crippen LogP contribution in [0.5, 0.6) is 5.75 Å². The van der Waals surface area contributed by atoms with Gasteiger partial charge in [-0.25, -0.2) is 4.39 Å². The van der Waals surface area contributed by atoms with E-state index in [1.165, 1.54) is 29.2 Å². The maximum atomic E-state index is 12.9. The maximum Gasteiger partial charge on any atom is 0.289 e. The van der Waals surface area contributed by atoms with Crippen molar-refractivity contribution in [2.45, 2.75) is 19.6 Å². The molecule has 0 aliphatic heterocycles. The van der Waals surface area contributed by atoms with Gasteiger partial charge in [-0.2, -0.15) is 0 Å². The van der Waals surface area contributed by atoms with Gasteiger partial charge >= 0.3 is 0 Å². The fourth-order valence-corrected chi connectivity index (χ4v) is 2.71. The average molecular weight is 396 g/mol. The van der Waals surface area contributed by atoms with Crippen LogP contribution in [0.1, 0.15) is 28.3 Å². The van der Waals surface area contributed by atoms with E-state index < -0.39 is 5.91 Å². The van der Waals surface area contributed by atoms with Crippen molar-refractivity contribution < 1.29 is 23.1 Å². The molecule has 2 amide bonds. The number of nitrogens with two attached hydrogens (primary N) is 1. The Bertz CT molecular complexity index is 954. The van der Waals surface area contributed by atoms with Crippen molar-refractivity contribution in [3.63, 3.8) is 0 Å². The van der Waals surface area contributed by atoms with Crippen molar-refractivity contribution in [2.24, 2.45) is 5.73 Å². The molecule has 0 spiro atoms. The number of carbonyl (C=O) groups excluding carboxylic acids is 2. The molecule has 1 aromatic heterocycles. The van der Waals surface area contributed by atoms with Crippen LogP contribution in [0.15, 0.2) is 71.1 Å². The Morgan fingerprint density at radius 1 is 1.00 bits per heavy atom. The van der Waals surface area contributed by atoms with E-state index in [4.69, 9.17) is 14.9 Å². The monoisotopic (exact) mass is 396 g/mol. The Morgan fingerprint density at radius 3 is 2.41 bits per heavy atom. The number of nitrogens with zero attached hydrogens (tertiary/aromatic N) is 1. The number of hydrogen-bond acceptors (Lipinski definition) is 4. The third-order valence-corrected chi connectivity index (χ3v) is 4.20. The van der Waals surface area contributed by atoms with Gasteiger partial charge in [-0.3, -0.25) is 9.59 Å². The summed E-state index contributed by atoms with van der Waals surface area (Å²) in [4.78, 5) is 25.6. The van der Waals surface area contributed by atoms with Gasteiger partial charge in [0.1, 0.15) is 23.9 Å². The second kappa shape index (κ2) is 9.54. The van der Waals surface area contributed by atoms with E-state index in [1.807, 2.05) is 30.3 Å². The Labute approximate surface area is 167 Å². The summed E-state index contributed by atoms with van der Waals surface area (Å²) in [5.74, 6) is -0.0947. The van der Waals surface area contributed by atoms with Crippen molar-refractivity contribution in [1.82, 2.24) is 4.90 Å². The molecule has 3 aromatic rings. The van der Waals surface area contributed by atoms with E-state index in [1.54, 1.807) is 12.1 Å². The van der Waals surface area contributed by atoms with Crippen molar-refractivity contribution in [3.05, 3.63) is 89.6 Å². The first-order chi connectivity index (χ1) is 14.0. The minimum absolute atomic E-state index is 0.0554. The molecule has 7 heteroatoms.